The van der Waals surface area contributed by atoms with E-state index in [2.05, 4.69) is 24.5 Å². The highest BCUT2D eigenvalue weighted by Crippen LogP contribution is 2.19. The summed E-state index contributed by atoms with van der Waals surface area (Å²) in [4.78, 5) is 12.0. The van der Waals surface area contributed by atoms with Crippen molar-refractivity contribution >= 4 is 11.6 Å². The predicted octanol–water partition coefficient (Wildman–Crippen LogP) is 3.44. The van der Waals surface area contributed by atoms with Gasteiger partial charge >= 0.3 is 0 Å². The molecule has 1 aromatic rings. The molecule has 1 heterocycles. The first-order valence-corrected chi connectivity index (χ1v) is 8.37. The van der Waals surface area contributed by atoms with Crippen molar-refractivity contribution in [2.45, 2.75) is 39.5 Å². The molecule has 4 heteroatoms. The number of carbonyl (C=O) groups excluding carboxylic acids is 1. The van der Waals surface area contributed by atoms with Crippen molar-refractivity contribution in [3.63, 3.8) is 0 Å². The minimum absolute atomic E-state index is 0.0891. The summed E-state index contributed by atoms with van der Waals surface area (Å²) >= 11 is 0. The lowest BCUT2D eigenvalue weighted by Crippen LogP contribution is -2.15. The van der Waals surface area contributed by atoms with E-state index in [1.165, 1.54) is 6.42 Å². The van der Waals surface area contributed by atoms with Crippen LogP contribution in [-0.2, 0) is 4.79 Å². The third kappa shape index (κ3) is 6.06. The van der Waals surface area contributed by atoms with E-state index < -0.39 is 0 Å². The van der Waals surface area contributed by atoms with Gasteiger partial charge in [-0.2, -0.15) is 0 Å². The highest BCUT2D eigenvalue weighted by Gasteiger charge is 2.15. The molecule has 1 atom stereocenters. The van der Waals surface area contributed by atoms with Crippen molar-refractivity contribution in [1.82, 2.24) is 5.32 Å². The van der Waals surface area contributed by atoms with Crippen LogP contribution in [0.1, 0.15) is 39.5 Å². The molecule has 1 amide bonds. The maximum Gasteiger partial charge on any atom is 0.224 e. The molecule has 1 fully saturated rings. The van der Waals surface area contributed by atoms with Crippen LogP contribution < -0.4 is 15.4 Å². The molecule has 0 saturated carbocycles. The summed E-state index contributed by atoms with van der Waals surface area (Å²) in [7, 11) is 0. The molecule has 0 spiro atoms. The standard InChI is InChI=1S/C18H28N2O2/c1-14(2)9-11-22-17-5-3-4-16(12-17)20-18(21)7-6-15-8-10-19-13-15/h3-5,12,14-15,19H,6-11,13H2,1-2H3,(H,20,21). The fraction of sp³-hybridized carbons (Fsp3) is 0.611. The first kappa shape index (κ1) is 16.8. The van der Waals surface area contributed by atoms with E-state index >= 15 is 0 Å². The normalized spacial score (nSPS) is 17.7. The van der Waals surface area contributed by atoms with Gasteiger partial charge in [0.2, 0.25) is 5.91 Å². The number of nitrogens with one attached hydrogen (secondary N) is 2. The maximum atomic E-state index is 12.0. The average Bonchev–Trinajstić information content (AvgIpc) is 2.98. The van der Waals surface area contributed by atoms with Crippen LogP contribution in [-0.4, -0.2) is 25.6 Å². The Balaban J connectivity index is 1.75. The number of hydrogen-bond acceptors (Lipinski definition) is 3. The van der Waals surface area contributed by atoms with Gasteiger partial charge in [0, 0.05) is 18.2 Å². The monoisotopic (exact) mass is 304 g/mol. The van der Waals surface area contributed by atoms with Crippen molar-refractivity contribution in [2.24, 2.45) is 11.8 Å². The molecular formula is C18H28N2O2. The zero-order chi connectivity index (χ0) is 15.8. The van der Waals surface area contributed by atoms with Gasteiger partial charge in [0.25, 0.3) is 0 Å². The van der Waals surface area contributed by atoms with Crippen LogP contribution in [0.3, 0.4) is 0 Å². The van der Waals surface area contributed by atoms with Crippen LogP contribution in [0.25, 0.3) is 0 Å². The second kappa shape index (κ2) is 8.79. The van der Waals surface area contributed by atoms with Crippen molar-refractivity contribution in [3.05, 3.63) is 24.3 Å². The van der Waals surface area contributed by atoms with Gasteiger partial charge in [-0.15, -0.1) is 0 Å². The van der Waals surface area contributed by atoms with E-state index in [9.17, 15) is 4.79 Å². The molecule has 22 heavy (non-hydrogen) atoms. The Morgan fingerprint density at radius 3 is 3.05 bits per heavy atom. The summed E-state index contributed by atoms with van der Waals surface area (Å²) in [5, 5.41) is 6.30. The first-order valence-electron chi connectivity index (χ1n) is 8.37. The summed E-state index contributed by atoms with van der Waals surface area (Å²) in [6, 6.07) is 7.65. The topological polar surface area (TPSA) is 50.4 Å². The quantitative estimate of drug-likeness (QED) is 0.773. The Hall–Kier alpha value is -1.55. The molecule has 0 bridgehead atoms. The fourth-order valence-electron chi connectivity index (χ4n) is 2.60. The maximum absolute atomic E-state index is 12.0. The van der Waals surface area contributed by atoms with Gasteiger partial charge in [-0.3, -0.25) is 4.79 Å². The lowest BCUT2D eigenvalue weighted by atomic mass is 10.0. The summed E-state index contributed by atoms with van der Waals surface area (Å²) < 4.78 is 5.72. The van der Waals surface area contributed by atoms with E-state index in [1.54, 1.807) is 0 Å². The van der Waals surface area contributed by atoms with E-state index in [4.69, 9.17) is 4.74 Å². The molecule has 1 unspecified atom stereocenters. The van der Waals surface area contributed by atoms with Crippen LogP contribution in [0.15, 0.2) is 24.3 Å². The zero-order valence-corrected chi connectivity index (χ0v) is 13.7. The smallest absolute Gasteiger partial charge is 0.224 e. The van der Waals surface area contributed by atoms with E-state index in [-0.39, 0.29) is 5.91 Å². The van der Waals surface area contributed by atoms with Gasteiger partial charge in [0.05, 0.1) is 6.61 Å². The average molecular weight is 304 g/mol. The van der Waals surface area contributed by atoms with Crippen LogP contribution in [0, 0.1) is 11.8 Å². The molecule has 1 aliphatic heterocycles. The number of anilines is 1. The molecule has 1 aliphatic rings. The van der Waals surface area contributed by atoms with E-state index in [0.717, 1.165) is 37.4 Å². The van der Waals surface area contributed by atoms with Crippen molar-refractivity contribution in [2.75, 3.05) is 25.0 Å². The Morgan fingerprint density at radius 2 is 2.32 bits per heavy atom. The Morgan fingerprint density at radius 1 is 1.45 bits per heavy atom. The predicted molar refractivity (Wildman–Crippen MR) is 90.2 cm³/mol. The molecule has 1 saturated heterocycles. The molecular weight excluding hydrogens is 276 g/mol. The van der Waals surface area contributed by atoms with Gasteiger partial charge in [0.15, 0.2) is 0 Å². The lowest BCUT2D eigenvalue weighted by molar-refractivity contribution is -0.116. The molecule has 1 aromatic carbocycles. The molecule has 0 aliphatic carbocycles. The molecule has 0 radical (unpaired) electrons. The van der Waals surface area contributed by atoms with E-state index in [0.29, 0.717) is 24.9 Å². The molecule has 2 N–H and O–H groups in total. The third-order valence-electron chi connectivity index (χ3n) is 4.02. The number of ether oxygens (including phenoxy) is 1. The van der Waals surface area contributed by atoms with Crippen LogP contribution in [0.2, 0.25) is 0 Å². The van der Waals surface area contributed by atoms with Crippen molar-refractivity contribution in [3.8, 4) is 5.75 Å². The first-order chi connectivity index (χ1) is 10.6. The van der Waals surface area contributed by atoms with Gasteiger partial charge < -0.3 is 15.4 Å². The van der Waals surface area contributed by atoms with Crippen molar-refractivity contribution in [1.29, 1.82) is 0 Å². The Kier molecular flexibility index (Phi) is 6.72. The van der Waals surface area contributed by atoms with Gasteiger partial charge in [-0.25, -0.2) is 0 Å². The van der Waals surface area contributed by atoms with Gasteiger partial charge in [-0.1, -0.05) is 19.9 Å². The second-order valence-electron chi connectivity index (χ2n) is 6.50. The third-order valence-corrected chi connectivity index (χ3v) is 4.02. The van der Waals surface area contributed by atoms with Gasteiger partial charge in [-0.05, 0) is 56.3 Å². The highest BCUT2D eigenvalue weighted by molar-refractivity contribution is 5.90. The number of amides is 1. The Labute approximate surface area is 133 Å². The second-order valence-corrected chi connectivity index (χ2v) is 6.50. The minimum atomic E-state index is 0.0891. The summed E-state index contributed by atoms with van der Waals surface area (Å²) in [6.45, 7) is 7.21. The lowest BCUT2D eigenvalue weighted by Gasteiger charge is -2.11. The zero-order valence-electron chi connectivity index (χ0n) is 13.7. The molecule has 0 aromatic heterocycles. The summed E-state index contributed by atoms with van der Waals surface area (Å²) in [5.74, 6) is 2.19. The number of benzene rings is 1. The summed E-state index contributed by atoms with van der Waals surface area (Å²) in [5.41, 5.74) is 0.816. The van der Waals surface area contributed by atoms with Gasteiger partial charge in [0.1, 0.15) is 5.75 Å². The van der Waals surface area contributed by atoms with Crippen LogP contribution in [0.4, 0.5) is 5.69 Å². The number of carbonyl (C=O) groups is 1. The van der Waals surface area contributed by atoms with E-state index in [1.807, 2.05) is 24.3 Å². The minimum Gasteiger partial charge on any atom is -0.494 e. The Bertz CT molecular complexity index is 468. The number of rotatable bonds is 8. The molecule has 4 nitrogen and oxygen atoms in total. The number of hydrogen-bond donors (Lipinski definition) is 2. The van der Waals surface area contributed by atoms with Crippen LogP contribution in [0.5, 0.6) is 5.75 Å². The molecule has 2 rings (SSSR count). The van der Waals surface area contributed by atoms with Crippen LogP contribution >= 0.6 is 0 Å². The summed E-state index contributed by atoms with van der Waals surface area (Å²) in [6.07, 6.45) is 3.77. The fourth-order valence-corrected chi connectivity index (χ4v) is 2.60. The SMILES string of the molecule is CC(C)CCOc1cccc(NC(=O)CCC2CCNC2)c1. The largest absolute Gasteiger partial charge is 0.494 e. The molecule has 122 valence electrons. The van der Waals surface area contributed by atoms with Crippen molar-refractivity contribution < 1.29 is 9.53 Å². The highest BCUT2D eigenvalue weighted by atomic mass is 16.5.